The van der Waals surface area contributed by atoms with Crippen LogP contribution in [0.4, 0.5) is 0 Å². The molecule has 0 amide bonds. The van der Waals surface area contributed by atoms with Gasteiger partial charge in [0.25, 0.3) is 0 Å². The summed E-state index contributed by atoms with van der Waals surface area (Å²) in [5.41, 5.74) is 0. The van der Waals surface area contributed by atoms with Crippen molar-refractivity contribution in [3.63, 3.8) is 0 Å². The minimum atomic E-state index is -4.78. The Morgan fingerprint density at radius 3 is 1.67 bits per heavy atom. The van der Waals surface area contributed by atoms with Crippen LogP contribution in [-0.4, -0.2) is 52.3 Å². The first-order valence-electron chi connectivity index (χ1n) is 21.9. The second-order valence-corrected chi connectivity index (χ2v) is 16.6. The Kier molecular flexibility index (Phi) is 37.4. The fourth-order valence-electron chi connectivity index (χ4n) is 6.07. The lowest BCUT2D eigenvalue weighted by Crippen LogP contribution is -2.29. The lowest BCUT2D eigenvalue weighted by molar-refractivity contribution is -0.161. The van der Waals surface area contributed by atoms with E-state index in [1.165, 1.54) is 83.5 Å². The number of phosphoric acid groups is 1. The summed E-state index contributed by atoms with van der Waals surface area (Å²) in [6.07, 6.45) is 43.1. The van der Waals surface area contributed by atoms with Crippen molar-refractivity contribution in [2.45, 2.75) is 206 Å². The van der Waals surface area contributed by atoms with Crippen LogP contribution < -0.4 is 0 Å². The van der Waals surface area contributed by atoms with E-state index in [2.05, 4.69) is 37.4 Å². The van der Waals surface area contributed by atoms with Gasteiger partial charge in [-0.05, 0) is 44.4 Å². The highest BCUT2D eigenvalue weighted by Gasteiger charge is 2.22. The van der Waals surface area contributed by atoms with Gasteiger partial charge in [0.2, 0.25) is 0 Å². The number of aliphatic hydroxyl groups is 1. The van der Waals surface area contributed by atoms with Crippen LogP contribution in [0.2, 0.25) is 0 Å². The molecule has 3 N–H and O–H groups in total. The summed E-state index contributed by atoms with van der Waals surface area (Å²) in [4.78, 5) is 42.9. The summed E-state index contributed by atoms with van der Waals surface area (Å²) < 4.78 is 26.3. The van der Waals surface area contributed by atoms with E-state index in [9.17, 15) is 19.3 Å². The minimum absolute atomic E-state index is 0.171. The van der Waals surface area contributed by atoms with E-state index < -0.39 is 32.5 Å². The van der Waals surface area contributed by atoms with Crippen LogP contribution in [-0.2, 0) is 28.2 Å². The normalized spacial score (nSPS) is 13.6. The second-order valence-electron chi connectivity index (χ2n) is 15.4. The maximum Gasteiger partial charge on any atom is 0.469 e. The zero-order valence-corrected chi connectivity index (χ0v) is 36.0. The first-order valence-corrected chi connectivity index (χ1v) is 23.4. The molecule has 0 saturated heterocycles. The number of carbonyl (C=O) groups excluding carboxylic acids is 2. The molecule has 0 aromatic rings. The Morgan fingerprint density at radius 1 is 0.600 bits per heavy atom. The van der Waals surface area contributed by atoms with Gasteiger partial charge in [-0.2, -0.15) is 0 Å². The largest absolute Gasteiger partial charge is 0.469 e. The molecular formula is C45H81O9P. The summed E-state index contributed by atoms with van der Waals surface area (Å²) in [7, 11) is -4.78. The number of rotatable bonds is 39. The van der Waals surface area contributed by atoms with Crippen LogP contribution in [0.1, 0.15) is 194 Å². The number of unbranched alkanes of at least 4 members (excludes halogenated alkanes) is 18. The standard InChI is InChI=1S/C45H81O9P/c1-4-5-29-35-42(46)36-31-26-22-18-14-12-16-19-23-27-32-37-44(47)52-39-43(40-53-55(49,50)51)54-45(48)38-33-28-24-20-15-11-9-7-6-8-10-13-17-21-25-30-34-41(2)3/h12,14,19,22-23,26,31,36,41-43,46H,4-11,13,15-18,20-21,24-25,27-30,32-35,37-40H2,1-3H3,(H2,49,50,51)/b14-12-,23-19-,26-22-,36-31+/t42-,43-/m1/s1. The molecule has 0 aliphatic heterocycles. The molecule has 0 radical (unpaired) electrons. The second kappa shape index (κ2) is 38.8. The van der Waals surface area contributed by atoms with Gasteiger partial charge in [0.15, 0.2) is 6.10 Å². The number of carbonyl (C=O) groups is 2. The SMILES string of the molecule is CCCCC[C@@H](O)/C=C/C=C\C/C=C\C/C=C\CCCC(=O)OC[C@H](COP(=O)(O)O)OC(=O)CCCCCCCCCCCCCCCCCCC(C)C. The third kappa shape index (κ3) is 42.9. The van der Waals surface area contributed by atoms with E-state index in [0.29, 0.717) is 19.3 Å². The van der Waals surface area contributed by atoms with Gasteiger partial charge in [0, 0.05) is 12.8 Å². The molecule has 2 atom stereocenters. The molecule has 9 nitrogen and oxygen atoms in total. The van der Waals surface area contributed by atoms with Gasteiger partial charge < -0.3 is 24.4 Å². The number of hydrogen-bond acceptors (Lipinski definition) is 7. The molecule has 0 aromatic heterocycles. The topological polar surface area (TPSA) is 140 Å². The molecule has 0 aromatic carbocycles. The Labute approximate surface area is 336 Å². The molecule has 0 aliphatic rings. The average Bonchev–Trinajstić information content (AvgIpc) is 3.13. The maximum absolute atomic E-state index is 12.4. The van der Waals surface area contributed by atoms with Gasteiger partial charge in [0.05, 0.1) is 12.7 Å². The molecule has 0 unspecified atom stereocenters. The summed E-state index contributed by atoms with van der Waals surface area (Å²) in [5.74, 6) is -0.138. The van der Waals surface area contributed by atoms with E-state index in [1.807, 2.05) is 36.5 Å². The zero-order chi connectivity index (χ0) is 40.7. The highest BCUT2D eigenvalue weighted by Crippen LogP contribution is 2.36. The van der Waals surface area contributed by atoms with Crippen LogP contribution in [0.5, 0.6) is 0 Å². The van der Waals surface area contributed by atoms with E-state index >= 15 is 0 Å². The zero-order valence-electron chi connectivity index (χ0n) is 35.1. The molecule has 0 saturated carbocycles. The van der Waals surface area contributed by atoms with Gasteiger partial charge in [0.1, 0.15) is 6.61 Å². The number of allylic oxidation sites excluding steroid dienone is 7. The van der Waals surface area contributed by atoms with E-state index in [-0.39, 0.29) is 25.6 Å². The molecule has 0 bridgehead atoms. The quantitative estimate of drug-likeness (QED) is 0.0182. The van der Waals surface area contributed by atoms with Crippen molar-refractivity contribution in [2.75, 3.05) is 13.2 Å². The van der Waals surface area contributed by atoms with Gasteiger partial charge >= 0.3 is 19.8 Å². The molecule has 55 heavy (non-hydrogen) atoms. The van der Waals surface area contributed by atoms with E-state index in [4.69, 9.17) is 19.3 Å². The maximum atomic E-state index is 12.4. The summed E-state index contributed by atoms with van der Waals surface area (Å²) in [5, 5.41) is 9.87. The molecule has 0 spiro atoms. The smallest absolute Gasteiger partial charge is 0.462 e. The fraction of sp³-hybridized carbons (Fsp3) is 0.778. The fourth-order valence-corrected chi connectivity index (χ4v) is 6.43. The van der Waals surface area contributed by atoms with E-state index in [1.54, 1.807) is 0 Å². The third-order valence-electron chi connectivity index (χ3n) is 9.38. The first kappa shape index (κ1) is 53.0. The number of ether oxygens (including phenoxy) is 2. The van der Waals surface area contributed by atoms with Crippen LogP contribution >= 0.6 is 7.82 Å². The van der Waals surface area contributed by atoms with Crippen molar-refractivity contribution in [3.8, 4) is 0 Å². The van der Waals surface area contributed by atoms with Crippen LogP contribution in [0.15, 0.2) is 48.6 Å². The highest BCUT2D eigenvalue weighted by molar-refractivity contribution is 7.46. The molecule has 0 heterocycles. The Hall–Kier alpha value is -2.03. The average molecular weight is 797 g/mol. The number of hydrogen-bond donors (Lipinski definition) is 3. The first-order chi connectivity index (χ1) is 26.5. The number of phosphoric ester groups is 1. The van der Waals surface area contributed by atoms with Crippen molar-refractivity contribution < 1.29 is 43.0 Å². The van der Waals surface area contributed by atoms with Gasteiger partial charge in [-0.25, -0.2) is 4.57 Å². The van der Waals surface area contributed by atoms with Crippen molar-refractivity contribution >= 4 is 19.8 Å². The van der Waals surface area contributed by atoms with Gasteiger partial charge in [-0.15, -0.1) is 0 Å². The summed E-state index contributed by atoms with van der Waals surface area (Å²) in [6.45, 7) is 5.87. The van der Waals surface area contributed by atoms with Gasteiger partial charge in [-0.1, -0.05) is 191 Å². The molecular weight excluding hydrogens is 715 g/mol. The summed E-state index contributed by atoms with van der Waals surface area (Å²) in [6, 6.07) is 0. The van der Waals surface area contributed by atoms with Crippen LogP contribution in [0.3, 0.4) is 0 Å². The Morgan fingerprint density at radius 2 is 1.11 bits per heavy atom. The van der Waals surface area contributed by atoms with Crippen molar-refractivity contribution in [1.29, 1.82) is 0 Å². The van der Waals surface area contributed by atoms with Crippen molar-refractivity contribution in [3.05, 3.63) is 48.6 Å². The molecule has 0 aliphatic carbocycles. The number of esters is 2. The lowest BCUT2D eigenvalue weighted by Gasteiger charge is -2.18. The summed E-state index contributed by atoms with van der Waals surface area (Å²) >= 11 is 0. The Balaban J connectivity index is 4.01. The molecule has 0 rings (SSSR count). The highest BCUT2D eigenvalue weighted by atomic mass is 31.2. The van der Waals surface area contributed by atoms with Crippen molar-refractivity contribution in [2.24, 2.45) is 5.92 Å². The number of aliphatic hydroxyl groups excluding tert-OH is 1. The van der Waals surface area contributed by atoms with Gasteiger partial charge in [-0.3, -0.25) is 14.1 Å². The van der Waals surface area contributed by atoms with Crippen molar-refractivity contribution in [1.82, 2.24) is 0 Å². The van der Waals surface area contributed by atoms with Crippen LogP contribution in [0, 0.1) is 5.92 Å². The molecule has 10 heteroatoms. The molecule has 0 fully saturated rings. The van der Waals surface area contributed by atoms with Crippen LogP contribution in [0.25, 0.3) is 0 Å². The predicted octanol–water partition coefficient (Wildman–Crippen LogP) is 12.3. The predicted molar refractivity (Wildman–Crippen MR) is 227 cm³/mol. The van der Waals surface area contributed by atoms with E-state index in [0.717, 1.165) is 63.7 Å². The minimum Gasteiger partial charge on any atom is -0.462 e. The third-order valence-corrected chi connectivity index (χ3v) is 9.87. The monoisotopic (exact) mass is 797 g/mol. The lowest BCUT2D eigenvalue weighted by atomic mass is 10.0. The molecule has 320 valence electrons. The Bertz CT molecular complexity index is 1060.